The molecule has 2 nitrogen and oxygen atoms in total. The first-order chi connectivity index (χ1) is 9.65. The highest BCUT2D eigenvalue weighted by Gasteiger charge is 2.19. The monoisotopic (exact) mass is 307 g/mol. The van der Waals surface area contributed by atoms with Crippen LogP contribution in [0.1, 0.15) is 34.5 Å². The van der Waals surface area contributed by atoms with Crippen LogP contribution in [0.4, 0.5) is 0 Å². The van der Waals surface area contributed by atoms with Gasteiger partial charge >= 0.3 is 0 Å². The maximum atomic E-state index is 12.5. The van der Waals surface area contributed by atoms with Gasteiger partial charge in [0.05, 0.1) is 11.4 Å². The van der Waals surface area contributed by atoms with Gasteiger partial charge < -0.3 is 0 Å². The number of hydrogen-bond acceptors (Lipinski definition) is 3. The fourth-order valence-corrected chi connectivity index (χ4v) is 4.14. The molecule has 3 rings (SSSR count). The van der Waals surface area contributed by atoms with E-state index in [4.69, 9.17) is 11.6 Å². The Hall–Kier alpha value is -0.900. The van der Waals surface area contributed by atoms with Crippen molar-refractivity contribution in [2.24, 2.45) is 0 Å². The summed E-state index contributed by atoms with van der Waals surface area (Å²) in [6, 6.07) is 5.85. The van der Waals surface area contributed by atoms with Gasteiger partial charge in [-0.25, -0.2) is 0 Å². The van der Waals surface area contributed by atoms with Crippen LogP contribution < -0.4 is 0 Å². The number of Topliss-reactive ketones (excluding diaryl/α,β-unsaturated/α-hetero) is 1. The molecule has 4 heteroatoms. The van der Waals surface area contributed by atoms with E-state index >= 15 is 0 Å². The van der Waals surface area contributed by atoms with Crippen LogP contribution in [0.25, 0.3) is 10.1 Å². The third kappa shape index (κ3) is 2.76. The van der Waals surface area contributed by atoms with E-state index in [1.807, 2.05) is 25.1 Å². The molecule has 1 aliphatic rings. The molecule has 0 unspecified atom stereocenters. The van der Waals surface area contributed by atoms with Crippen LogP contribution in [-0.4, -0.2) is 30.3 Å². The summed E-state index contributed by atoms with van der Waals surface area (Å²) >= 11 is 7.64. The molecule has 0 bridgehead atoms. The number of likely N-dealkylation sites (tertiary alicyclic amines) is 1. The summed E-state index contributed by atoms with van der Waals surface area (Å²) in [6.07, 6.45) is 3.73. The Labute approximate surface area is 128 Å². The fourth-order valence-electron chi connectivity index (χ4n) is 2.85. The average molecular weight is 308 g/mol. The van der Waals surface area contributed by atoms with E-state index in [9.17, 15) is 4.79 Å². The van der Waals surface area contributed by atoms with Crippen molar-refractivity contribution >= 4 is 38.8 Å². The first-order valence-corrected chi connectivity index (χ1v) is 8.29. The third-order valence-corrected chi connectivity index (χ3v) is 5.52. The molecule has 2 aromatic rings. The fraction of sp³-hybridized carbons (Fsp3) is 0.438. The number of ketones is 1. The molecule has 20 heavy (non-hydrogen) atoms. The molecule has 0 radical (unpaired) electrons. The molecule has 1 aromatic carbocycles. The number of hydrogen-bond donors (Lipinski definition) is 0. The molecule has 0 atom stereocenters. The SMILES string of the molecule is Cc1c(C(=O)CN2CCCCC2)sc2ccc(Cl)cc12. The molecule has 1 aliphatic heterocycles. The van der Waals surface area contributed by atoms with Crippen LogP contribution in [-0.2, 0) is 0 Å². The minimum absolute atomic E-state index is 0.252. The first kappa shape index (κ1) is 14.1. The number of nitrogens with zero attached hydrogens (tertiary/aromatic N) is 1. The molecule has 0 spiro atoms. The van der Waals surface area contributed by atoms with Crippen LogP contribution in [0.5, 0.6) is 0 Å². The second-order valence-corrected chi connectivity index (χ2v) is 6.95. The Morgan fingerprint density at radius 3 is 2.80 bits per heavy atom. The summed E-state index contributed by atoms with van der Waals surface area (Å²) in [5.41, 5.74) is 1.08. The lowest BCUT2D eigenvalue weighted by Gasteiger charge is -2.25. The van der Waals surface area contributed by atoms with Gasteiger partial charge in [0.1, 0.15) is 0 Å². The molecule has 1 aromatic heterocycles. The lowest BCUT2D eigenvalue weighted by Crippen LogP contribution is -2.34. The second-order valence-electron chi connectivity index (χ2n) is 5.46. The van der Waals surface area contributed by atoms with Gasteiger partial charge in [0.15, 0.2) is 5.78 Å². The zero-order valence-corrected chi connectivity index (χ0v) is 13.2. The van der Waals surface area contributed by atoms with E-state index < -0.39 is 0 Å². The van der Waals surface area contributed by atoms with Crippen molar-refractivity contribution in [1.82, 2.24) is 4.90 Å². The molecule has 1 fully saturated rings. The van der Waals surface area contributed by atoms with Gasteiger partial charge in [-0.3, -0.25) is 9.69 Å². The highest BCUT2D eigenvalue weighted by atomic mass is 35.5. The number of benzene rings is 1. The van der Waals surface area contributed by atoms with Gasteiger partial charge in [0.25, 0.3) is 0 Å². The largest absolute Gasteiger partial charge is 0.296 e. The van der Waals surface area contributed by atoms with Gasteiger partial charge in [0.2, 0.25) is 0 Å². The van der Waals surface area contributed by atoms with Gasteiger partial charge in [-0.15, -0.1) is 11.3 Å². The summed E-state index contributed by atoms with van der Waals surface area (Å²) in [6.45, 7) is 4.70. The van der Waals surface area contributed by atoms with Crippen LogP contribution >= 0.6 is 22.9 Å². The van der Waals surface area contributed by atoms with Crippen LogP contribution in [0.2, 0.25) is 5.02 Å². The standard InChI is InChI=1S/C16H18ClNOS/c1-11-13-9-12(17)5-6-15(13)20-16(11)14(19)10-18-7-3-2-4-8-18/h5-6,9H,2-4,7-8,10H2,1H3. The Morgan fingerprint density at radius 2 is 2.05 bits per heavy atom. The van der Waals surface area contributed by atoms with Crippen molar-refractivity contribution in [2.75, 3.05) is 19.6 Å². The summed E-state index contributed by atoms with van der Waals surface area (Å²) in [5, 5.41) is 1.85. The van der Waals surface area contributed by atoms with E-state index in [1.54, 1.807) is 11.3 Å². The Balaban J connectivity index is 1.85. The molecule has 1 saturated heterocycles. The van der Waals surface area contributed by atoms with Crippen molar-refractivity contribution in [2.45, 2.75) is 26.2 Å². The van der Waals surface area contributed by atoms with E-state index in [-0.39, 0.29) is 5.78 Å². The minimum atomic E-state index is 0.252. The molecular formula is C16H18ClNOS. The average Bonchev–Trinajstić information content (AvgIpc) is 2.77. The molecule has 0 N–H and O–H groups in total. The zero-order valence-electron chi connectivity index (χ0n) is 11.6. The number of rotatable bonds is 3. The van der Waals surface area contributed by atoms with Crippen LogP contribution in [0.3, 0.4) is 0 Å². The molecule has 106 valence electrons. The summed E-state index contributed by atoms with van der Waals surface area (Å²) in [7, 11) is 0. The Morgan fingerprint density at radius 1 is 1.30 bits per heavy atom. The predicted octanol–water partition coefficient (Wildman–Crippen LogP) is 4.53. The lowest BCUT2D eigenvalue weighted by molar-refractivity contribution is 0.0919. The molecule has 0 amide bonds. The van der Waals surface area contributed by atoms with Crippen molar-refractivity contribution in [3.8, 4) is 0 Å². The topological polar surface area (TPSA) is 20.3 Å². The van der Waals surface area contributed by atoms with Crippen molar-refractivity contribution in [3.63, 3.8) is 0 Å². The molecule has 0 saturated carbocycles. The molecule has 2 heterocycles. The van der Waals surface area contributed by atoms with E-state index in [1.165, 1.54) is 19.3 Å². The number of thiophene rings is 1. The minimum Gasteiger partial charge on any atom is -0.296 e. The highest BCUT2D eigenvalue weighted by molar-refractivity contribution is 7.21. The molecular weight excluding hydrogens is 290 g/mol. The van der Waals surface area contributed by atoms with Crippen molar-refractivity contribution in [1.29, 1.82) is 0 Å². The number of fused-ring (bicyclic) bond motifs is 1. The highest BCUT2D eigenvalue weighted by Crippen LogP contribution is 2.33. The Bertz CT molecular complexity index is 643. The number of aryl methyl sites for hydroxylation is 1. The second kappa shape index (κ2) is 5.84. The maximum Gasteiger partial charge on any atom is 0.187 e. The predicted molar refractivity (Wildman–Crippen MR) is 86.2 cm³/mol. The van der Waals surface area contributed by atoms with E-state index in [0.717, 1.165) is 38.6 Å². The summed E-state index contributed by atoms with van der Waals surface area (Å²) in [5.74, 6) is 0.252. The quantitative estimate of drug-likeness (QED) is 0.776. The van der Waals surface area contributed by atoms with Gasteiger partial charge in [-0.2, -0.15) is 0 Å². The van der Waals surface area contributed by atoms with E-state index in [2.05, 4.69) is 4.90 Å². The number of carbonyl (C=O) groups is 1. The summed E-state index contributed by atoms with van der Waals surface area (Å²) < 4.78 is 1.15. The van der Waals surface area contributed by atoms with Crippen LogP contribution in [0, 0.1) is 6.92 Å². The van der Waals surface area contributed by atoms with Crippen molar-refractivity contribution < 1.29 is 4.79 Å². The van der Waals surface area contributed by atoms with Gasteiger partial charge in [0, 0.05) is 9.72 Å². The normalized spacial score (nSPS) is 16.7. The zero-order chi connectivity index (χ0) is 14.1. The smallest absolute Gasteiger partial charge is 0.187 e. The molecule has 0 aliphatic carbocycles. The number of carbonyl (C=O) groups excluding carboxylic acids is 1. The maximum absolute atomic E-state index is 12.5. The summed E-state index contributed by atoms with van der Waals surface area (Å²) in [4.78, 5) is 15.7. The number of halogens is 1. The van der Waals surface area contributed by atoms with Crippen molar-refractivity contribution in [3.05, 3.63) is 33.7 Å². The number of piperidine rings is 1. The third-order valence-electron chi connectivity index (χ3n) is 3.97. The van der Waals surface area contributed by atoms with E-state index in [0.29, 0.717) is 6.54 Å². The Kier molecular flexibility index (Phi) is 4.11. The lowest BCUT2D eigenvalue weighted by atomic mass is 10.1. The van der Waals surface area contributed by atoms with Crippen LogP contribution in [0.15, 0.2) is 18.2 Å². The van der Waals surface area contributed by atoms with Gasteiger partial charge in [-0.1, -0.05) is 18.0 Å². The van der Waals surface area contributed by atoms with Gasteiger partial charge in [-0.05, 0) is 62.0 Å². The first-order valence-electron chi connectivity index (χ1n) is 7.09.